The van der Waals surface area contributed by atoms with Crippen molar-refractivity contribution in [3.8, 4) is 68.8 Å². The first-order valence-corrected chi connectivity index (χ1v) is 22.7. The lowest BCUT2D eigenvalue weighted by atomic mass is 9.32. The fraction of sp³-hybridized carbons (Fsp3) is 0.161. The molecule has 0 amide bonds. The topological polar surface area (TPSA) is 95.2 Å². The van der Waals surface area contributed by atoms with E-state index in [0.717, 1.165) is 83.0 Å². The van der Waals surface area contributed by atoms with Crippen LogP contribution in [0.5, 0.6) is 0 Å². The first kappa shape index (κ1) is 40.5. The number of benzene rings is 8. The zero-order chi connectivity index (χ0) is 44.9. The minimum atomic E-state index is -0.138. The highest BCUT2D eigenvalue weighted by Gasteiger charge is 2.69. The molecule has 0 atom stereocenters. The Balaban J connectivity index is 1.07. The molecule has 0 radical (unpaired) electrons. The van der Waals surface area contributed by atoms with Gasteiger partial charge in [-0.3, -0.25) is 0 Å². The molecule has 0 spiro atoms. The molecule has 66 heavy (non-hydrogen) atoms. The van der Waals surface area contributed by atoms with Crippen molar-refractivity contribution in [2.45, 2.75) is 60.2 Å². The van der Waals surface area contributed by atoms with E-state index in [0.29, 0.717) is 22.3 Å². The largest absolute Gasteiger partial charge is 0.192 e. The second-order valence-electron chi connectivity index (χ2n) is 19.2. The Labute approximate surface area is 386 Å². The second kappa shape index (κ2) is 15.8. The highest BCUT2D eigenvalue weighted by Crippen LogP contribution is 2.75. The summed E-state index contributed by atoms with van der Waals surface area (Å²) < 4.78 is 0. The van der Waals surface area contributed by atoms with Crippen molar-refractivity contribution in [2.75, 3.05) is 0 Å². The molecule has 4 bridgehead atoms. The minimum Gasteiger partial charge on any atom is -0.192 e. The van der Waals surface area contributed by atoms with E-state index in [2.05, 4.69) is 121 Å². The van der Waals surface area contributed by atoms with Gasteiger partial charge in [0.1, 0.15) is 0 Å². The molecule has 4 heteroatoms. The van der Waals surface area contributed by atoms with Crippen molar-refractivity contribution in [3.63, 3.8) is 0 Å². The van der Waals surface area contributed by atoms with Crippen LogP contribution in [-0.4, -0.2) is 0 Å². The van der Waals surface area contributed by atoms with E-state index >= 15 is 0 Å². The molecule has 0 aliphatic heterocycles. The quantitative estimate of drug-likeness (QED) is 0.152. The van der Waals surface area contributed by atoms with Gasteiger partial charge in [0.25, 0.3) is 0 Å². The zero-order valence-electron chi connectivity index (χ0n) is 36.5. The van der Waals surface area contributed by atoms with Gasteiger partial charge in [-0.05, 0) is 175 Å². The van der Waals surface area contributed by atoms with Crippen LogP contribution in [0.3, 0.4) is 0 Å². The SMILES string of the molecule is N#Cc1ccc(-c2ccc(C34CC5(c6ccc(-c7ccc(C#N)cc7)cc6)CC(c6ccc(-c7ccc(C#N)cc7)cc6)(C3)CC(c3ccc(-c6ccc(C#N)cc6)cc3)(C4)C5)cc2)cc1. The molecule has 12 rings (SSSR count). The summed E-state index contributed by atoms with van der Waals surface area (Å²) in [6.07, 6.45) is 6.27. The number of hydrogen-bond donors (Lipinski definition) is 0. The van der Waals surface area contributed by atoms with Crippen LogP contribution in [-0.2, 0) is 21.7 Å². The van der Waals surface area contributed by atoms with Gasteiger partial charge in [-0.15, -0.1) is 0 Å². The van der Waals surface area contributed by atoms with Crippen molar-refractivity contribution in [3.05, 3.63) is 239 Å². The average Bonchev–Trinajstić information content (AvgIpc) is 3.38. The van der Waals surface area contributed by atoms with E-state index in [9.17, 15) is 21.0 Å². The molecule has 0 heterocycles. The Kier molecular flexibility index (Phi) is 9.67. The van der Waals surface area contributed by atoms with E-state index in [4.69, 9.17) is 0 Å². The van der Waals surface area contributed by atoms with Crippen LogP contribution in [0.25, 0.3) is 44.5 Å². The van der Waals surface area contributed by atoms with Crippen LogP contribution < -0.4 is 0 Å². The number of rotatable bonds is 8. The molecule has 312 valence electrons. The number of nitriles is 4. The van der Waals surface area contributed by atoms with Crippen LogP contribution in [0, 0.1) is 45.3 Å². The minimum absolute atomic E-state index is 0.138. The summed E-state index contributed by atoms with van der Waals surface area (Å²) in [5.41, 5.74) is 16.6. The smallest absolute Gasteiger partial charge is 0.0991 e. The van der Waals surface area contributed by atoms with E-state index in [1.165, 1.54) is 22.3 Å². The maximum absolute atomic E-state index is 9.47. The first-order chi connectivity index (χ1) is 32.3. The van der Waals surface area contributed by atoms with E-state index in [1.807, 2.05) is 97.1 Å². The molecular weight excluding hydrogens is 801 g/mol. The standard InChI is InChI=1S/C62H44N4/c63-33-43-1-9-47(10-2-43)51-17-25-55(26-18-51)59-37-60(56-27-19-52(20-28-56)48-11-3-44(34-64)4-12-48)40-61(38-59,57-29-21-53(22-30-57)49-13-5-45(35-65)6-14-49)42-62(39-59,41-60)58-31-23-54(24-32-58)50-15-7-46(36-66)8-16-50/h1-32H,37-42H2. The van der Waals surface area contributed by atoms with Crippen LogP contribution >= 0.6 is 0 Å². The van der Waals surface area contributed by atoms with Crippen molar-refractivity contribution in [1.29, 1.82) is 21.0 Å². The van der Waals surface area contributed by atoms with Crippen LogP contribution in [0.1, 0.15) is 83.0 Å². The lowest BCUT2D eigenvalue weighted by Crippen LogP contribution is -2.67. The van der Waals surface area contributed by atoms with Gasteiger partial charge in [0.05, 0.1) is 46.5 Å². The van der Waals surface area contributed by atoms with Gasteiger partial charge < -0.3 is 0 Å². The fourth-order valence-corrected chi connectivity index (χ4v) is 12.9. The monoisotopic (exact) mass is 844 g/mol. The van der Waals surface area contributed by atoms with E-state index in [1.54, 1.807) is 0 Å². The van der Waals surface area contributed by atoms with E-state index < -0.39 is 0 Å². The van der Waals surface area contributed by atoms with Crippen molar-refractivity contribution in [1.82, 2.24) is 0 Å². The van der Waals surface area contributed by atoms with Crippen molar-refractivity contribution < 1.29 is 0 Å². The third kappa shape index (κ3) is 6.88. The van der Waals surface area contributed by atoms with Crippen LogP contribution in [0.4, 0.5) is 0 Å². The first-order valence-electron chi connectivity index (χ1n) is 22.7. The molecule has 4 fully saturated rings. The van der Waals surface area contributed by atoms with Gasteiger partial charge >= 0.3 is 0 Å². The molecule has 4 aliphatic carbocycles. The molecule has 0 saturated heterocycles. The number of hydrogen-bond acceptors (Lipinski definition) is 4. The van der Waals surface area contributed by atoms with Gasteiger partial charge in [0.15, 0.2) is 0 Å². The Morgan fingerprint density at radius 3 is 0.485 bits per heavy atom. The molecule has 4 nitrogen and oxygen atoms in total. The van der Waals surface area contributed by atoms with Gasteiger partial charge in [0.2, 0.25) is 0 Å². The highest BCUT2D eigenvalue weighted by molar-refractivity contribution is 5.69. The molecule has 8 aromatic rings. The Morgan fingerprint density at radius 2 is 0.348 bits per heavy atom. The summed E-state index contributed by atoms with van der Waals surface area (Å²) in [5, 5.41) is 37.9. The summed E-state index contributed by atoms with van der Waals surface area (Å²) in [5.74, 6) is 0. The zero-order valence-corrected chi connectivity index (χ0v) is 36.5. The third-order valence-electron chi connectivity index (χ3n) is 15.4. The van der Waals surface area contributed by atoms with Crippen LogP contribution in [0.15, 0.2) is 194 Å². The summed E-state index contributed by atoms with van der Waals surface area (Å²) in [6.45, 7) is 0. The maximum Gasteiger partial charge on any atom is 0.0991 e. The third-order valence-corrected chi connectivity index (χ3v) is 15.4. The second-order valence-corrected chi connectivity index (χ2v) is 19.2. The average molecular weight is 845 g/mol. The lowest BCUT2D eigenvalue weighted by molar-refractivity contribution is -0.0691. The summed E-state index contributed by atoms with van der Waals surface area (Å²) >= 11 is 0. The van der Waals surface area contributed by atoms with Crippen LogP contribution in [0.2, 0.25) is 0 Å². The van der Waals surface area contributed by atoms with Gasteiger partial charge in [-0.1, -0.05) is 146 Å². The molecular formula is C62H44N4. The molecule has 0 N–H and O–H groups in total. The Bertz CT molecular complexity index is 2790. The predicted octanol–water partition coefficient (Wildman–Crippen LogP) is 14.3. The Hall–Kier alpha value is -8.28. The summed E-state index contributed by atoms with van der Waals surface area (Å²) in [4.78, 5) is 0. The van der Waals surface area contributed by atoms with Gasteiger partial charge in [0, 0.05) is 0 Å². The Morgan fingerprint density at radius 1 is 0.212 bits per heavy atom. The molecule has 0 unspecified atom stereocenters. The van der Waals surface area contributed by atoms with Gasteiger partial charge in [-0.2, -0.15) is 21.0 Å². The molecule has 4 saturated carbocycles. The van der Waals surface area contributed by atoms with E-state index in [-0.39, 0.29) is 21.7 Å². The van der Waals surface area contributed by atoms with Crippen molar-refractivity contribution >= 4 is 0 Å². The number of nitrogens with zero attached hydrogens (tertiary/aromatic N) is 4. The molecule has 4 aliphatic rings. The summed E-state index contributed by atoms with van der Waals surface area (Å²) in [6, 6.07) is 78.0. The maximum atomic E-state index is 9.47. The normalized spacial score (nSPS) is 22.4. The van der Waals surface area contributed by atoms with Gasteiger partial charge in [-0.25, -0.2) is 0 Å². The molecule has 8 aromatic carbocycles. The predicted molar refractivity (Wildman–Crippen MR) is 261 cm³/mol. The molecule has 0 aromatic heterocycles. The lowest BCUT2D eigenvalue weighted by Gasteiger charge is -2.71. The highest BCUT2D eigenvalue weighted by atomic mass is 14.7. The van der Waals surface area contributed by atoms with Crippen molar-refractivity contribution in [2.24, 2.45) is 0 Å². The fourth-order valence-electron chi connectivity index (χ4n) is 12.9. The summed E-state index contributed by atoms with van der Waals surface area (Å²) in [7, 11) is 0.